The molecule has 0 radical (unpaired) electrons. The van der Waals surface area contributed by atoms with Crippen LogP contribution >= 0.6 is 0 Å². The molecule has 2 heterocycles. The fourth-order valence-corrected chi connectivity index (χ4v) is 2.45. The van der Waals surface area contributed by atoms with E-state index in [1.807, 2.05) is 12.4 Å². The van der Waals surface area contributed by atoms with E-state index in [1.165, 1.54) is 38.0 Å². The standard InChI is InChI=1S/C12H21N3/c1-10(2)9-15-5-3-11(4-6-15)12-7-13-14-8-12/h7-8,10-11H,3-6,9H2,1-2H3,(H,13,14). The summed E-state index contributed by atoms with van der Waals surface area (Å²) in [6, 6.07) is 0. The number of hydrogen-bond acceptors (Lipinski definition) is 2. The molecule has 1 aromatic heterocycles. The maximum absolute atomic E-state index is 4.03. The molecule has 0 spiro atoms. The van der Waals surface area contributed by atoms with Gasteiger partial charge in [-0.15, -0.1) is 0 Å². The second-order valence-electron chi connectivity index (χ2n) is 5.00. The van der Waals surface area contributed by atoms with Gasteiger partial charge in [0.05, 0.1) is 6.20 Å². The third-order valence-electron chi connectivity index (χ3n) is 3.20. The van der Waals surface area contributed by atoms with Crippen molar-refractivity contribution in [2.75, 3.05) is 19.6 Å². The van der Waals surface area contributed by atoms with Crippen LogP contribution in [0.3, 0.4) is 0 Å². The molecule has 1 fully saturated rings. The summed E-state index contributed by atoms with van der Waals surface area (Å²) in [5, 5.41) is 6.93. The van der Waals surface area contributed by atoms with E-state index >= 15 is 0 Å². The maximum atomic E-state index is 4.03. The molecule has 0 bridgehead atoms. The molecule has 2 rings (SSSR count). The summed E-state index contributed by atoms with van der Waals surface area (Å²) >= 11 is 0. The lowest BCUT2D eigenvalue weighted by Crippen LogP contribution is -2.35. The molecule has 1 aliphatic heterocycles. The van der Waals surface area contributed by atoms with E-state index < -0.39 is 0 Å². The highest BCUT2D eigenvalue weighted by atomic mass is 15.1. The van der Waals surface area contributed by atoms with Crippen LogP contribution in [0, 0.1) is 5.92 Å². The first-order valence-corrected chi connectivity index (χ1v) is 5.96. The molecule has 84 valence electrons. The number of nitrogens with zero attached hydrogens (tertiary/aromatic N) is 2. The summed E-state index contributed by atoms with van der Waals surface area (Å²) in [5.74, 6) is 1.52. The van der Waals surface area contributed by atoms with Gasteiger partial charge in [0.15, 0.2) is 0 Å². The molecule has 0 atom stereocenters. The SMILES string of the molecule is CC(C)CN1CCC(c2cn[nH]c2)CC1. The van der Waals surface area contributed by atoms with E-state index in [0.717, 1.165) is 11.8 Å². The topological polar surface area (TPSA) is 31.9 Å². The Labute approximate surface area is 91.9 Å². The Morgan fingerprint density at radius 1 is 1.47 bits per heavy atom. The Bertz CT molecular complexity index is 271. The lowest BCUT2D eigenvalue weighted by Gasteiger charge is -2.32. The van der Waals surface area contributed by atoms with Crippen LogP contribution in [-0.2, 0) is 0 Å². The Morgan fingerprint density at radius 2 is 2.20 bits per heavy atom. The first kappa shape index (κ1) is 10.7. The van der Waals surface area contributed by atoms with Crippen molar-refractivity contribution in [3.63, 3.8) is 0 Å². The summed E-state index contributed by atoms with van der Waals surface area (Å²) in [5.41, 5.74) is 1.39. The van der Waals surface area contributed by atoms with Gasteiger partial charge >= 0.3 is 0 Å². The minimum Gasteiger partial charge on any atom is -0.303 e. The zero-order valence-corrected chi connectivity index (χ0v) is 9.74. The summed E-state index contributed by atoms with van der Waals surface area (Å²) in [6.45, 7) is 8.32. The van der Waals surface area contributed by atoms with Gasteiger partial charge in [0.25, 0.3) is 0 Å². The van der Waals surface area contributed by atoms with Crippen molar-refractivity contribution in [3.8, 4) is 0 Å². The van der Waals surface area contributed by atoms with Gasteiger partial charge < -0.3 is 4.90 Å². The van der Waals surface area contributed by atoms with E-state index in [9.17, 15) is 0 Å². The van der Waals surface area contributed by atoms with E-state index in [2.05, 4.69) is 28.9 Å². The molecular formula is C12H21N3. The minimum absolute atomic E-state index is 0.729. The predicted octanol–water partition coefficient (Wildman–Crippen LogP) is 2.25. The number of likely N-dealkylation sites (tertiary alicyclic amines) is 1. The summed E-state index contributed by atoms with van der Waals surface area (Å²) in [6.07, 6.45) is 6.59. The van der Waals surface area contributed by atoms with Crippen LogP contribution in [0.5, 0.6) is 0 Å². The zero-order valence-electron chi connectivity index (χ0n) is 9.74. The summed E-state index contributed by atoms with van der Waals surface area (Å²) in [4.78, 5) is 2.58. The van der Waals surface area contributed by atoms with Crippen molar-refractivity contribution in [1.82, 2.24) is 15.1 Å². The predicted molar refractivity (Wildman–Crippen MR) is 61.8 cm³/mol. The van der Waals surface area contributed by atoms with Crippen LogP contribution in [0.1, 0.15) is 38.2 Å². The number of nitrogens with one attached hydrogen (secondary N) is 1. The highest BCUT2D eigenvalue weighted by Crippen LogP contribution is 2.27. The number of aromatic nitrogens is 2. The second-order valence-corrected chi connectivity index (χ2v) is 5.00. The molecule has 3 nitrogen and oxygen atoms in total. The first-order chi connectivity index (χ1) is 7.25. The molecule has 1 aromatic rings. The molecule has 1 saturated heterocycles. The lowest BCUT2D eigenvalue weighted by molar-refractivity contribution is 0.192. The minimum atomic E-state index is 0.729. The van der Waals surface area contributed by atoms with Gasteiger partial charge in [-0.3, -0.25) is 5.10 Å². The molecule has 1 N–H and O–H groups in total. The maximum Gasteiger partial charge on any atom is 0.0522 e. The molecule has 0 aromatic carbocycles. The Kier molecular flexibility index (Phi) is 3.41. The number of hydrogen-bond donors (Lipinski definition) is 1. The average molecular weight is 207 g/mol. The van der Waals surface area contributed by atoms with Crippen molar-refractivity contribution < 1.29 is 0 Å². The van der Waals surface area contributed by atoms with E-state index in [-0.39, 0.29) is 0 Å². The quantitative estimate of drug-likeness (QED) is 0.824. The molecule has 0 aliphatic carbocycles. The second kappa shape index (κ2) is 4.79. The number of aromatic amines is 1. The highest BCUT2D eigenvalue weighted by molar-refractivity contribution is 5.11. The molecule has 15 heavy (non-hydrogen) atoms. The van der Waals surface area contributed by atoms with Gasteiger partial charge in [0, 0.05) is 12.7 Å². The van der Waals surface area contributed by atoms with Crippen molar-refractivity contribution in [2.45, 2.75) is 32.6 Å². The molecular weight excluding hydrogens is 186 g/mol. The average Bonchev–Trinajstić information content (AvgIpc) is 2.71. The largest absolute Gasteiger partial charge is 0.303 e. The normalized spacial score (nSPS) is 19.9. The van der Waals surface area contributed by atoms with Crippen LogP contribution in [0.25, 0.3) is 0 Å². The highest BCUT2D eigenvalue weighted by Gasteiger charge is 2.21. The number of rotatable bonds is 3. The van der Waals surface area contributed by atoms with Gasteiger partial charge in [-0.2, -0.15) is 5.10 Å². The first-order valence-electron chi connectivity index (χ1n) is 5.96. The number of H-pyrrole nitrogens is 1. The smallest absolute Gasteiger partial charge is 0.0522 e. The van der Waals surface area contributed by atoms with Crippen LogP contribution in [-0.4, -0.2) is 34.7 Å². The van der Waals surface area contributed by atoms with Crippen LogP contribution in [0.15, 0.2) is 12.4 Å². The van der Waals surface area contributed by atoms with Crippen LogP contribution < -0.4 is 0 Å². The fraction of sp³-hybridized carbons (Fsp3) is 0.750. The monoisotopic (exact) mass is 207 g/mol. The van der Waals surface area contributed by atoms with Crippen molar-refractivity contribution in [1.29, 1.82) is 0 Å². The van der Waals surface area contributed by atoms with Crippen molar-refractivity contribution in [2.24, 2.45) is 5.92 Å². The molecule has 0 unspecified atom stereocenters. The van der Waals surface area contributed by atoms with E-state index in [1.54, 1.807) is 0 Å². The third kappa shape index (κ3) is 2.81. The molecule has 0 saturated carbocycles. The summed E-state index contributed by atoms with van der Waals surface area (Å²) < 4.78 is 0. The van der Waals surface area contributed by atoms with Gasteiger partial charge in [-0.05, 0) is 43.3 Å². The molecule has 3 heteroatoms. The Hall–Kier alpha value is -0.830. The van der Waals surface area contributed by atoms with Crippen molar-refractivity contribution in [3.05, 3.63) is 18.0 Å². The van der Waals surface area contributed by atoms with Gasteiger partial charge in [0.1, 0.15) is 0 Å². The van der Waals surface area contributed by atoms with Crippen LogP contribution in [0.2, 0.25) is 0 Å². The number of piperidine rings is 1. The van der Waals surface area contributed by atoms with Gasteiger partial charge in [-0.25, -0.2) is 0 Å². The molecule has 0 amide bonds. The van der Waals surface area contributed by atoms with Crippen molar-refractivity contribution >= 4 is 0 Å². The Balaban J connectivity index is 1.82. The lowest BCUT2D eigenvalue weighted by atomic mass is 9.91. The van der Waals surface area contributed by atoms with E-state index in [0.29, 0.717) is 0 Å². The van der Waals surface area contributed by atoms with Gasteiger partial charge in [-0.1, -0.05) is 13.8 Å². The van der Waals surface area contributed by atoms with E-state index in [4.69, 9.17) is 0 Å². The fourth-order valence-electron chi connectivity index (χ4n) is 2.45. The molecule has 1 aliphatic rings. The van der Waals surface area contributed by atoms with Gasteiger partial charge in [0.2, 0.25) is 0 Å². The summed E-state index contributed by atoms with van der Waals surface area (Å²) in [7, 11) is 0. The zero-order chi connectivity index (χ0) is 10.7. The Morgan fingerprint density at radius 3 is 2.73 bits per heavy atom. The third-order valence-corrected chi connectivity index (χ3v) is 3.20. The van der Waals surface area contributed by atoms with Crippen LogP contribution in [0.4, 0.5) is 0 Å².